The topological polar surface area (TPSA) is 177 Å². The quantitative estimate of drug-likeness (QED) is 0.0676. The van der Waals surface area contributed by atoms with Crippen molar-refractivity contribution in [1.82, 2.24) is 20.4 Å². The third-order valence-corrected chi connectivity index (χ3v) is 10.3. The lowest BCUT2D eigenvalue weighted by Gasteiger charge is -2.16. The minimum Gasteiger partial charge on any atom is -0.465 e. The number of ether oxygens (including phenoxy) is 1. The van der Waals surface area contributed by atoms with Crippen LogP contribution in [0.2, 0.25) is 5.15 Å². The lowest BCUT2D eigenvalue weighted by Crippen LogP contribution is -2.29. The van der Waals surface area contributed by atoms with Gasteiger partial charge in [-0.3, -0.25) is 0 Å². The summed E-state index contributed by atoms with van der Waals surface area (Å²) in [4.78, 5) is 27.9. The van der Waals surface area contributed by atoms with Gasteiger partial charge < -0.3 is 25.4 Å². The molecule has 4 N–H and O–H groups in total. The van der Waals surface area contributed by atoms with Crippen LogP contribution in [0.25, 0.3) is 32.8 Å². The fourth-order valence-corrected chi connectivity index (χ4v) is 6.72. The molecule has 0 spiro atoms. The van der Waals surface area contributed by atoms with Gasteiger partial charge >= 0.3 is 43.9 Å². The molecule has 0 fully saturated rings. The van der Waals surface area contributed by atoms with Crippen molar-refractivity contribution in [3.8, 4) is 11.3 Å². The largest absolute Gasteiger partial charge is 0.488 e. The predicted molar refractivity (Wildman–Crippen MR) is 246 cm³/mol. The van der Waals surface area contributed by atoms with Gasteiger partial charge in [0.15, 0.2) is 16.8 Å². The maximum absolute atomic E-state index is 13.2. The first-order valence-corrected chi connectivity index (χ1v) is 20.9. The van der Waals surface area contributed by atoms with E-state index < -0.39 is 71.4 Å². The van der Waals surface area contributed by atoms with Crippen LogP contribution in [0.5, 0.6) is 0 Å². The molecule has 0 bridgehead atoms. The van der Waals surface area contributed by atoms with E-state index in [-0.39, 0.29) is 35.1 Å². The number of nitrogens with one attached hydrogen (secondary N) is 2. The number of rotatable bonds is 7. The molecule has 8 aromatic rings. The molecule has 0 radical (unpaired) electrons. The summed E-state index contributed by atoms with van der Waals surface area (Å²) in [5.74, 6) is -0.563. The minimum atomic E-state index is -4.98. The zero-order valence-corrected chi connectivity index (χ0v) is 38.3. The van der Waals surface area contributed by atoms with E-state index in [0.717, 1.165) is 5.56 Å². The number of halogens is 13. The lowest BCUT2D eigenvalue weighted by atomic mass is 9.80. The number of aromatic nitrogens is 4. The average molecular weight is 1060 g/mol. The van der Waals surface area contributed by atoms with Gasteiger partial charge in [-0.15, -0.1) is 20.4 Å². The highest BCUT2D eigenvalue weighted by molar-refractivity contribution is 6.58. The second kappa shape index (κ2) is 23.6. The number of anilines is 4. The van der Waals surface area contributed by atoms with Crippen LogP contribution in [0.4, 0.5) is 75.7 Å². The molecule has 0 aliphatic rings. The Hall–Kier alpha value is -8.12. The van der Waals surface area contributed by atoms with Crippen molar-refractivity contribution in [2.24, 2.45) is 0 Å². The summed E-state index contributed by atoms with van der Waals surface area (Å²) in [7, 11) is -0.0937. The van der Waals surface area contributed by atoms with Crippen molar-refractivity contribution in [3.05, 3.63) is 172 Å². The molecule has 0 saturated carbocycles. The highest BCUT2D eigenvalue weighted by Gasteiger charge is 2.38. The summed E-state index contributed by atoms with van der Waals surface area (Å²) in [6, 6.07) is 28.9. The average Bonchev–Trinajstić information content (AvgIpc) is 3.34. The van der Waals surface area contributed by atoms with E-state index in [4.69, 9.17) is 31.2 Å². The minimum absolute atomic E-state index is 0.0163. The van der Waals surface area contributed by atoms with Gasteiger partial charge in [0, 0.05) is 38.5 Å². The zero-order valence-electron chi connectivity index (χ0n) is 37.5. The summed E-state index contributed by atoms with van der Waals surface area (Å²) >= 11 is 5.90. The molecule has 0 atom stereocenters. The number of benzene rings is 6. The first-order valence-electron chi connectivity index (χ1n) is 20.5. The van der Waals surface area contributed by atoms with Crippen LogP contribution in [-0.4, -0.2) is 56.8 Å². The van der Waals surface area contributed by atoms with Gasteiger partial charge in [-0.25, -0.2) is 4.79 Å². The molecule has 0 amide bonds. The summed E-state index contributed by atoms with van der Waals surface area (Å²) in [5.41, 5.74) is -3.66. The molecule has 384 valence electrons. The van der Waals surface area contributed by atoms with Crippen LogP contribution in [0, 0.1) is 6.92 Å². The van der Waals surface area contributed by atoms with Crippen LogP contribution in [0.15, 0.2) is 133 Å². The van der Waals surface area contributed by atoms with Gasteiger partial charge in [-0.2, -0.15) is 62.3 Å². The van der Waals surface area contributed by atoms with E-state index in [1.54, 1.807) is 72.8 Å². The van der Waals surface area contributed by atoms with Gasteiger partial charge in [0.05, 0.1) is 34.9 Å². The fraction of sp³-hybridized carbons (Fsp3) is 0.125. The van der Waals surface area contributed by atoms with Crippen molar-refractivity contribution >= 4 is 80.9 Å². The maximum Gasteiger partial charge on any atom is 0.488 e. The molecule has 8 rings (SSSR count). The number of esters is 1. The van der Waals surface area contributed by atoms with Crippen LogP contribution >= 0.6 is 11.6 Å². The summed E-state index contributed by atoms with van der Waals surface area (Å²) in [6.45, 7) is 1.95. The number of aryl methyl sites for hydroxylation is 1. The molecule has 0 saturated heterocycles. The van der Waals surface area contributed by atoms with E-state index in [1.807, 2.05) is 19.1 Å². The van der Waals surface area contributed by atoms with Crippen LogP contribution in [0.3, 0.4) is 0 Å². The van der Waals surface area contributed by atoms with Crippen molar-refractivity contribution in [2.45, 2.75) is 31.6 Å². The van der Waals surface area contributed by atoms with E-state index in [0.29, 0.717) is 68.1 Å². The SMILES string of the molecule is COC(=O)c1ccc(-c2nnc(Nc3cc(C(F)(F)F)cc(C(F)(F)F)c3)c3ccccc23)cc1.Cc1ccc(B(O)O)cc1.FC(F)(F)c1cc(Nc2nnc(Cl)c3ccccc23)cc(C(F)(F)F)c1.O=C=O. The molecule has 6 aromatic carbocycles. The van der Waals surface area contributed by atoms with E-state index >= 15 is 0 Å². The van der Waals surface area contributed by atoms with Crippen LogP contribution < -0.4 is 16.1 Å². The highest BCUT2D eigenvalue weighted by Crippen LogP contribution is 2.41. The van der Waals surface area contributed by atoms with Gasteiger partial charge in [0.25, 0.3) is 0 Å². The molecular weight excluding hydrogens is 1030 g/mol. The summed E-state index contributed by atoms with van der Waals surface area (Å²) < 4.78 is 162. The lowest BCUT2D eigenvalue weighted by molar-refractivity contribution is -0.191. The van der Waals surface area contributed by atoms with E-state index in [2.05, 4.69) is 35.8 Å². The van der Waals surface area contributed by atoms with E-state index in [1.165, 1.54) is 19.2 Å². The standard InChI is InChI=1S/C24H15F6N3O2.C16H8ClF6N3.C7H9BO2.CO2/c1-35-22(34)14-8-6-13(7-9-14)20-18-4-2-3-5-19(18)21(33-32-20)31-17-11-15(23(25,26)27)10-16(12-17)24(28,29)30;17-13-11-3-1-2-4-12(11)14(26-25-13)24-10-6-8(15(18,19)20)5-9(7-10)16(21,22)23;1-6-2-4-7(5-3-6)8(9)10;2-1-3/h2-12H,1H3,(H,31,33);1-7H,(H,24,26);2-5,9-10H,1H3;. The number of carbonyl (C=O) groups excluding carboxylic acids is 3. The smallest absolute Gasteiger partial charge is 0.465 e. The van der Waals surface area contributed by atoms with Crippen molar-refractivity contribution in [2.75, 3.05) is 17.7 Å². The third kappa shape index (κ3) is 15.0. The molecule has 74 heavy (non-hydrogen) atoms. The van der Waals surface area contributed by atoms with E-state index in [9.17, 15) is 57.5 Å². The molecular formula is C48H32BClF12N6O6. The number of carbonyl (C=O) groups is 1. The molecule has 12 nitrogen and oxygen atoms in total. The Balaban J connectivity index is 0.000000226. The molecule has 0 aliphatic heterocycles. The molecule has 0 unspecified atom stereocenters. The summed E-state index contributed by atoms with van der Waals surface area (Å²) in [6.07, 6.45) is -19.6. The normalized spacial score (nSPS) is 11.4. The first-order chi connectivity index (χ1) is 34.6. The van der Waals surface area contributed by atoms with Crippen molar-refractivity contribution in [1.29, 1.82) is 0 Å². The number of methoxy groups -OCH3 is 1. The van der Waals surface area contributed by atoms with Gasteiger partial charge in [0.1, 0.15) is 5.69 Å². The molecule has 2 aromatic heterocycles. The number of alkyl halides is 12. The monoisotopic (exact) mass is 1060 g/mol. The van der Waals surface area contributed by atoms with Crippen molar-refractivity contribution in [3.63, 3.8) is 0 Å². The van der Waals surface area contributed by atoms with Gasteiger partial charge in [-0.05, 0) is 60.9 Å². The molecule has 26 heteroatoms. The summed E-state index contributed by atoms with van der Waals surface area (Å²) in [5, 5.41) is 39.8. The van der Waals surface area contributed by atoms with Crippen LogP contribution in [0.1, 0.15) is 38.2 Å². The number of hydrogen-bond acceptors (Lipinski definition) is 12. The van der Waals surface area contributed by atoms with Crippen molar-refractivity contribution < 1.29 is 81.9 Å². The predicted octanol–water partition coefficient (Wildman–Crippen LogP) is 12.0. The number of nitrogens with zero attached hydrogens (tertiary/aromatic N) is 4. The Morgan fingerprint density at radius 3 is 1.32 bits per heavy atom. The second-order valence-electron chi connectivity index (χ2n) is 15.1. The maximum atomic E-state index is 13.2. The Morgan fingerprint density at radius 1 is 0.554 bits per heavy atom. The van der Waals surface area contributed by atoms with Crippen LogP contribution in [-0.2, 0) is 39.0 Å². The fourth-order valence-electron chi connectivity index (χ4n) is 6.52. The van der Waals surface area contributed by atoms with Gasteiger partial charge in [-0.1, -0.05) is 102 Å². The molecule has 2 heterocycles. The Labute approximate surface area is 414 Å². The third-order valence-electron chi connectivity index (χ3n) is 9.99. The molecule has 0 aliphatic carbocycles. The second-order valence-corrected chi connectivity index (χ2v) is 15.5. The Bertz CT molecular complexity index is 3220. The Kier molecular flexibility index (Phi) is 18.1. The number of hydrogen-bond donors (Lipinski definition) is 4. The first kappa shape index (κ1) is 56.8. The zero-order chi connectivity index (χ0) is 54.8. The highest BCUT2D eigenvalue weighted by atomic mass is 35.5. The Morgan fingerprint density at radius 2 is 0.932 bits per heavy atom. The number of fused-ring (bicyclic) bond motifs is 2. The van der Waals surface area contributed by atoms with Gasteiger partial charge in [0.2, 0.25) is 0 Å².